The topological polar surface area (TPSA) is 124 Å². The Kier molecular flexibility index (Phi) is 8.30. The molecule has 0 unspecified atom stereocenters. The van der Waals surface area contributed by atoms with Crippen LogP contribution in [0.2, 0.25) is 0 Å². The number of anilines is 1. The number of rotatable bonds is 9. The van der Waals surface area contributed by atoms with Gasteiger partial charge in [0.2, 0.25) is 16.8 Å². The quantitative estimate of drug-likeness (QED) is 0.239. The highest BCUT2D eigenvalue weighted by Crippen LogP contribution is 2.39. The summed E-state index contributed by atoms with van der Waals surface area (Å²) in [5.74, 6) is 0.174. The summed E-state index contributed by atoms with van der Waals surface area (Å²) in [5.41, 5.74) is 5.31. The van der Waals surface area contributed by atoms with Crippen molar-refractivity contribution in [3.05, 3.63) is 88.6 Å². The van der Waals surface area contributed by atoms with Gasteiger partial charge >= 0.3 is 5.97 Å². The van der Waals surface area contributed by atoms with E-state index in [1.807, 2.05) is 48.5 Å². The monoisotopic (exact) mass is 627 g/mol. The van der Waals surface area contributed by atoms with E-state index in [0.717, 1.165) is 22.4 Å². The number of para-hydroxylation sites is 1. The van der Waals surface area contributed by atoms with E-state index >= 15 is 0 Å². The molecule has 1 aliphatic heterocycles. The number of ether oxygens (including phenoxy) is 3. The van der Waals surface area contributed by atoms with Gasteiger partial charge in [0.15, 0.2) is 18.1 Å². The largest absolute Gasteiger partial charge is 0.454 e. The molecule has 10 nitrogen and oxygen atoms in total. The SMILES string of the molecule is CCN(CC)S(=O)(=O)c1cc(NC(=O)COC(=O)c2c3c(nc4ccccc24)/C(=C/c2ccc4c(c2)OCO4)CC3)ccc1C. The molecule has 2 heterocycles. The van der Waals surface area contributed by atoms with Crippen molar-refractivity contribution in [1.82, 2.24) is 9.29 Å². The Morgan fingerprint density at radius 3 is 2.58 bits per heavy atom. The van der Waals surface area contributed by atoms with E-state index in [9.17, 15) is 18.0 Å². The first-order valence-electron chi connectivity index (χ1n) is 14.8. The summed E-state index contributed by atoms with van der Waals surface area (Å²) >= 11 is 0. The summed E-state index contributed by atoms with van der Waals surface area (Å²) in [6, 6.07) is 17.8. The van der Waals surface area contributed by atoms with E-state index in [1.54, 1.807) is 32.9 Å². The van der Waals surface area contributed by atoms with Crippen molar-refractivity contribution < 1.29 is 32.2 Å². The van der Waals surface area contributed by atoms with Crippen molar-refractivity contribution in [2.24, 2.45) is 0 Å². The number of esters is 1. The Hall–Kier alpha value is -4.74. The Morgan fingerprint density at radius 1 is 1.00 bits per heavy atom. The maximum atomic E-state index is 13.6. The molecular formula is C34H33N3O7S. The van der Waals surface area contributed by atoms with Gasteiger partial charge < -0.3 is 19.5 Å². The smallest absolute Gasteiger partial charge is 0.339 e. The van der Waals surface area contributed by atoms with Gasteiger partial charge in [0.05, 0.1) is 21.7 Å². The molecule has 11 heteroatoms. The van der Waals surface area contributed by atoms with Crippen molar-refractivity contribution in [1.29, 1.82) is 0 Å². The van der Waals surface area contributed by atoms with Crippen LogP contribution in [-0.4, -0.2) is 56.1 Å². The minimum atomic E-state index is -3.73. The van der Waals surface area contributed by atoms with Gasteiger partial charge in [-0.05, 0) is 78.4 Å². The molecule has 6 rings (SSSR count). The molecule has 1 aliphatic carbocycles. The van der Waals surface area contributed by atoms with Crippen LogP contribution in [0.1, 0.15) is 53.0 Å². The number of nitrogens with one attached hydrogen (secondary N) is 1. The number of hydrogen-bond acceptors (Lipinski definition) is 8. The number of pyridine rings is 1. The number of nitrogens with zero attached hydrogens (tertiary/aromatic N) is 2. The highest BCUT2D eigenvalue weighted by atomic mass is 32.2. The molecule has 232 valence electrons. The molecule has 0 saturated heterocycles. The van der Waals surface area contributed by atoms with Crippen LogP contribution in [0, 0.1) is 6.92 Å². The first-order chi connectivity index (χ1) is 21.7. The molecule has 0 fully saturated rings. The lowest BCUT2D eigenvalue weighted by atomic mass is 10.0. The number of aromatic nitrogens is 1. The van der Waals surface area contributed by atoms with E-state index in [1.165, 1.54) is 10.4 Å². The first kappa shape index (κ1) is 30.3. The molecule has 1 N–H and O–H groups in total. The molecule has 2 aliphatic rings. The second-order valence-corrected chi connectivity index (χ2v) is 12.7. The summed E-state index contributed by atoms with van der Waals surface area (Å²) in [4.78, 5) is 31.5. The van der Waals surface area contributed by atoms with Crippen LogP contribution >= 0.6 is 0 Å². The number of fused-ring (bicyclic) bond motifs is 3. The number of hydrogen-bond donors (Lipinski definition) is 1. The minimum absolute atomic E-state index is 0.115. The zero-order chi connectivity index (χ0) is 31.7. The van der Waals surface area contributed by atoms with Crippen molar-refractivity contribution in [3.63, 3.8) is 0 Å². The van der Waals surface area contributed by atoms with Crippen molar-refractivity contribution in [2.45, 2.75) is 38.5 Å². The molecule has 1 aromatic heterocycles. The second kappa shape index (κ2) is 12.3. The molecule has 0 atom stereocenters. The van der Waals surface area contributed by atoms with Crippen LogP contribution in [0.5, 0.6) is 11.5 Å². The van der Waals surface area contributed by atoms with Crippen LogP contribution in [0.3, 0.4) is 0 Å². The third kappa shape index (κ3) is 5.88. The fourth-order valence-electron chi connectivity index (χ4n) is 5.77. The number of allylic oxidation sites excluding steroid dienone is 1. The molecular weight excluding hydrogens is 594 g/mol. The van der Waals surface area contributed by atoms with Crippen LogP contribution in [0.25, 0.3) is 22.6 Å². The average molecular weight is 628 g/mol. The predicted octanol–water partition coefficient (Wildman–Crippen LogP) is 5.58. The fourth-order valence-corrected chi connectivity index (χ4v) is 7.48. The molecule has 0 bridgehead atoms. The number of amides is 1. The third-order valence-electron chi connectivity index (χ3n) is 8.01. The first-order valence-corrected chi connectivity index (χ1v) is 16.2. The van der Waals surface area contributed by atoms with Gasteiger partial charge in [-0.3, -0.25) is 4.79 Å². The molecule has 0 saturated carbocycles. The standard InChI is InChI=1S/C34H33N3O7S/c1-4-37(5-2)45(40,41)30-18-24(13-10-21(30)3)35-31(38)19-42-34(39)32-25-8-6-7-9-27(25)36-33-23(12-14-26(32)33)16-22-11-15-28-29(17-22)44-20-43-28/h6-11,13,15-18H,4-5,12,14,19-20H2,1-3H3,(H,35,38)/b23-16+. The van der Waals surface area contributed by atoms with Crippen LogP contribution in [0.15, 0.2) is 65.6 Å². The lowest BCUT2D eigenvalue weighted by molar-refractivity contribution is -0.119. The zero-order valence-corrected chi connectivity index (χ0v) is 26.1. The molecule has 3 aromatic carbocycles. The highest BCUT2D eigenvalue weighted by Gasteiger charge is 2.29. The van der Waals surface area contributed by atoms with E-state index in [4.69, 9.17) is 19.2 Å². The Bertz CT molecular complexity index is 1970. The van der Waals surface area contributed by atoms with E-state index < -0.39 is 28.5 Å². The molecule has 45 heavy (non-hydrogen) atoms. The third-order valence-corrected chi connectivity index (χ3v) is 10.2. The second-order valence-electron chi connectivity index (χ2n) is 10.8. The Morgan fingerprint density at radius 2 is 1.78 bits per heavy atom. The number of benzene rings is 3. The summed E-state index contributed by atoms with van der Waals surface area (Å²) in [6.07, 6.45) is 3.31. The summed E-state index contributed by atoms with van der Waals surface area (Å²) < 4.78 is 44.1. The zero-order valence-electron chi connectivity index (χ0n) is 25.3. The maximum absolute atomic E-state index is 13.6. The number of sulfonamides is 1. The maximum Gasteiger partial charge on any atom is 0.339 e. The van der Waals surface area contributed by atoms with Gasteiger partial charge in [-0.2, -0.15) is 4.31 Å². The normalized spacial score (nSPS) is 14.6. The van der Waals surface area contributed by atoms with Gasteiger partial charge in [-0.15, -0.1) is 0 Å². The van der Waals surface area contributed by atoms with Gasteiger partial charge in [-0.1, -0.05) is 44.2 Å². The van der Waals surface area contributed by atoms with Gasteiger partial charge in [0.1, 0.15) is 0 Å². The fraction of sp³-hybridized carbons (Fsp3) is 0.265. The van der Waals surface area contributed by atoms with Crippen LogP contribution < -0.4 is 14.8 Å². The van der Waals surface area contributed by atoms with Gasteiger partial charge in [0, 0.05) is 24.2 Å². The molecule has 0 radical (unpaired) electrons. The van der Waals surface area contributed by atoms with E-state index in [2.05, 4.69) is 5.32 Å². The summed E-state index contributed by atoms with van der Waals surface area (Å²) in [6.45, 7) is 5.55. The number of carbonyl (C=O) groups excluding carboxylic acids is 2. The van der Waals surface area contributed by atoms with E-state index in [0.29, 0.717) is 65.1 Å². The van der Waals surface area contributed by atoms with Gasteiger partial charge in [-0.25, -0.2) is 18.2 Å². The van der Waals surface area contributed by atoms with Crippen molar-refractivity contribution >= 4 is 50.1 Å². The lowest BCUT2D eigenvalue weighted by Gasteiger charge is -2.20. The molecule has 4 aromatic rings. The summed E-state index contributed by atoms with van der Waals surface area (Å²) in [5, 5.41) is 3.31. The molecule has 1 amide bonds. The number of carbonyl (C=O) groups is 2. The van der Waals surface area contributed by atoms with Gasteiger partial charge in [0.25, 0.3) is 5.91 Å². The number of aryl methyl sites for hydroxylation is 1. The van der Waals surface area contributed by atoms with Crippen molar-refractivity contribution in [3.8, 4) is 11.5 Å². The Labute approximate surface area is 261 Å². The molecule has 0 spiro atoms. The summed E-state index contributed by atoms with van der Waals surface area (Å²) in [7, 11) is -3.73. The highest BCUT2D eigenvalue weighted by molar-refractivity contribution is 7.89. The van der Waals surface area contributed by atoms with Crippen LogP contribution in [-0.2, 0) is 26.0 Å². The van der Waals surface area contributed by atoms with Crippen molar-refractivity contribution in [2.75, 3.05) is 31.8 Å². The van der Waals surface area contributed by atoms with E-state index in [-0.39, 0.29) is 11.7 Å². The van der Waals surface area contributed by atoms with Crippen LogP contribution in [0.4, 0.5) is 5.69 Å². The average Bonchev–Trinajstić information content (AvgIpc) is 3.66. The Balaban J connectivity index is 1.23. The predicted molar refractivity (Wildman–Crippen MR) is 171 cm³/mol. The lowest BCUT2D eigenvalue weighted by Crippen LogP contribution is -2.31. The minimum Gasteiger partial charge on any atom is -0.454 e.